The van der Waals surface area contributed by atoms with E-state index < -0.39 is 0 Å². The molecule has 6 heteroatoms. The predicted octanol–water partition coefficient (Wildman–Crippen LogP) is -1.22. The van der Waals surface area contributed by atoms with Crippen LogP contribution in [0.25, 0.3) is 0 Å². The molecule has 1 aromatic heterocycles. The fourth-order valence-corrected chi connectivity index (χ4v) is 0.767. The van der Waals surface area contributed by atoms with E-state index in [-0.39, 0.29) is 12.6 Å². The smallest absolute Gasteiger partial charge is 0.312 e. The molecular weight excluding hydrogens is 160 g/mol. The van der Waals surface area contributed by atoms with Crippen molar-refractivity contribution in [3.05, 3.63) is 5.89 Å². The fourth-order valence-electron chi connectivity index (χ4n) is 0.767. The van der Waals surface area contributed by atoms with Crippen LogP contribution in [0.2, 0.25) is 0 Å². The van der Waals surface area contributed by atoms with Gasteiger partial charge < -0.3 is 20.6 Å². The number of hydrogen-bond donors (Lipinski definition) is 3. The average molecular weight is 172 g/mol. The summed E-state index contributed by atoms with van der Waals surface area (Å²) < 4.78 is 4.92. The molecule has 0 radical (unpaired) electrons. The Morgan fingerprint density at radius 3 is 2.83 bits per heavy atom. The molecule has 4 N–H and O–H groups in total. The van der Waals surface area contributed by atoms with E-state index in [9.17, 15) is 0 Å². The van der Waals surface area contributed by atoms with Crippen molar-refractivity contribution in [3.8, 4) is 0 Å². The van der Waals surface area contributed by atoms with Gasteiger partial charge in [0.1, 0.15) is 0 Å². The SMILES string of the molecule is Nc1nnc(CCNCCO)o1. The van der Waals surface area contributed by atoms with Crippen molar-refractivity contribution in [2.24, 2.45) is 0 Å². The summed E-state index contributed by atoms with van der Waals surface area (Å²) in [6.07, 6.45) is 0.629. The molecule has 12 heavy (non-hydrogen) atoms. The molecule has 0 saturated carbocycles. The number of nitrogen functional groups attached to an aromatic ring is 1. The highest BCUT2D eigenvalue weighted by Gasteiger charge is 2.00. The van der Waals surface area contributed by atoms with Crippen LogP contribution in [0.3, 0.4) is 0 Å². The highest BCUT2D eigenvalue weighted by molar-refractivity contribution is 5.04. The van der Waals surface area contributed by atoms with E-state index >= 15 is 0 Å². The minimum Gasteiger partial charge on any atom is -0.408 e. The summed E-state index contributed by atoms with van der Waals surface area (Å²) in [5, 5.41) is 18.6. The van der Waals surface area contributed by atoms with Crippen LogP contribution in [0, 0.1) is 0 Å². The van der Waals surface area contributed by atoms with Gasteiger partial charge in [-0.3, -0.25) is 0 Å². The number of hydrogen-bond acceptors (Lipinski definition) is 6. The van der Waals surface area contributed by atoms with Crippen LogP contribution in [0.5, 0.6) is 0 Å². The van der Waals surface area contributed by atoms with Crippen LogP contribution in [0.15, 0.2) is 4.42 Å². The summed E-state index contributed by atoms with van der Waals surface area (Å²) in [5.41, 5.74) is 5.21. The van der Waals surface area contributed by atoms with Crippen LogP contribution in [-0.2, 0) is 6.42 Å². The standard InChI is InChI=1S/C6H12N4O2/c7-6-10-9-5(12-6)1-2-8-3-4-11/h8,11H,1-4H2,(H2,7,10). The van der Waals surface area contributed by atoms with E-state index in [0.29, 0.717) is 25.4 Å². The summed E-state index contributed by atoms with van der Waals surface area (Å²) in [6.45, 7) is 1.40. The molecule has 0 fully saturated rings. The third kappa shape index (κ3) is 2.85. The Labute approximate surface area is 69.8 Å². The van der Waals surface area contributed by atoms with Crippen LogP contribution in [-0.4, -0.2) is 35.0 Å². The molecule has 0 aromatic carbocycles. The fraction of sp³-hybridized carbons (Fsp3) is 0.667. The molecule has 0 spiro atoms. The number of nitrogens with one attached hydrogen (secondary N) is 1. The lowest BCUT2D eigenvalue weighted by Crippen LogP contribution is -2.20. The summed E-state index contributed by atoms with van der Waals surface area (Å²) in [7, 11) is 0. The first-order chi connectivity index (χ1) is 5.83. The maximum absolute atomic E-state index is 8.43. The van der Waals surface area contributed by atoms with Crippen molar-refractivity contribution in [2.75, 3.05) is 25.4 Å². The van der Waals surface area contributed by atoms with Gasteiger partial charge in [0, 0.05) is 19.5 Å². The Morgan fingerprint density at radius 1 is 1.42 bits per heavy atom. The lowest BCUT2D eigenvalue weighted by atomic mass is 10.4. The normalized spacial score (nSPS) is 10.4. The van der Waals surface area contributed by atoms with Gasteiger partial charge in [0.15, 0.2) is 0 Å². The van der Waals surface area contributed by atoms with Gasteiger partial charge in [-0.25, -0.2) is 0 Å². The quantitative estimate of drug-likeness (QED) is 0.481. The third-order valence-electron chi connectivity index (χ3n) is 1.29. The number of aliphatic hydroxyl groups excluding tert-OH is 1. The summed E-state index contributed by atoms with van der Waals surface area (Å²) >= 11 is 0. The van der Waals surface area contributed by atoms with Crippen LogP contribution >= 0.6 is 0 Å². The molecular formula is C6H12N4O2. The first kappa shape index (κ1) is 8.95. The molecule has 1 heterocycles. The molecule has 1 rings (SSSR count). The zero-order chi connectivity index (χ0) is 8.81. The Balaban J connectivity index is 2.15. The highest BCUT2D eigenvalue weighted by Crippen LogP contribution is 1.99. The predicted molar refractivity (Wildman–Crippen MR) is 42.4 cm³/mol. The molecule has 0 unspecified atom stereocenters. The molecule has 0 saturated heterocycles. The van der Waals surface area contributed by atoms with Crippen molar-refractivity contribution in [2.45, 2.75) is 6.42 Å². The maximum atomic E-state index is 8.43. The second-order valence-corrected chi connectivity index (χ2v) is 2.26. The number of aromatic nitrogens is 2. The molecule has 0 aliphatic rings. The lowest BCUT2D eigenvalue weighted by molar-refractivity contribution is 0.292. The number of anilines is 1. The van der Waals surface area contributed by atoms with Gasteiger partial charge in [0.05, 0.1) is 6.61 Å². The molecule has 0 amide bonds. The van der Waals surface area contributed by atoms with E-state index in [4.69, 9.17) is 15.3 Å². The monoisotopic (exact) mass is 172 g/mol. The van der Waals surface area contributed by atoms with E-state index in [0.717, 1.165) is 0 Å². The van der Waals surface area contributed by atoms with Crippen molar-refractivity contribution in [3.63, 3.8) is 0 Å². The van der Waals surface area contributed by atoms with Gasteiger partial charge in [0.2, 0.25) is 5.89 Å². The molecule has 0 aliphatic heterocycles. The van der Waals surface area contributed by atoms with Gasteiger partial charge in [0.25, 0.3) is 0 Å². The van der Waals surface area contributed by atoms with Crippen LogP contribution in [0.4, 0.5) is 6.01 Å². The van der Waals surface area contributed by atoms with Gasteiger partial charge in [-0.15, -0.1) is 5.10 Å². The van der Waals surface area contributed by atoms with Gasteiger partial charge >= 0.3 is 6.01 Å². The van der Waals surface area contributed by atoms with E-state index in [1.807, 2.05) is 0 Å². The highest BCUT2D eigenvalue weighted by atomic mass is 16.4. The van der Waals surface area contributed by atoms with Crippen LogP contribution < -0.4 is 11.1 Å². The van der Waals surface area contributed by atoms with Gasteiger partial charge in [-0.05, 0) is 0 Å². The number of nitrogens with zero attached hydrogens (tertiary/aromatic N) is 2. The minimum atomic E-state index is 0.0900. The number of nitrogens with two attached hydrogens (primary N) is 1. The summed E-state index contributed by atoms with van der Waals surface area (Å²) in [5.74, 6) is 0.512. The average Bonchev–Trinajstić information content (AvgIpc) is 2.45. The number of aliphatic hydroxyl groups is 1. The van der Waals surface area contributed by atoms with Crippen molar-refractivity contribution in [1.82, 2.24) is 15.5 Å². The second-order valence-electron chi connectivity index (χ2n) is 2.26. The van der Waals surface area contributed by atoms with Gasteiger partial charge in [-0.2, -0.15) is 0 Å². The third-order valence-corrected chi connectivity index (χ3v) is 1.29. The Hall–Kier alpha value is -1.14. The first-order valence-electron chi connectivity index (χ1n) is 3.72. The summed E-state index contributed by atoms with van der Waals surface area (Å²) in [4.78, 5) is 0. The van der Waals surface area contributed by atoms with E-state index in [1.54, 1.807) is 0 Å². The maximum Gasteiger partial charge on any atom is 0.312 e. The Morgan fingerprint density at radius 2 is 2.25 bits per heavy atom. The Kier molecular flexibility index (Phi) is 3.49. The lowest BCUT2D eigenvalue weighted by Gasteiger charge is -1.97. The molecule has 6 nitrogen and oxygen atoms in total. The molecule has 0 atom stereocenters. The topological polar surface area (TPSA) is 97.2 Å². The zero-order valence-electron chi connectivity index (χ0n) is 6.66. The number of rotatable bonds is 5. The zero-order valence-corrected chi connectivity index (χ0v) is 6.66. The second kappa shape index (κ2) is 4.68. The summed E-state index contributed by atoms with van der Waals surface area (Å²) in [6, 6.07) is 0.0900. The van der Waals surface area contributed by atoms with E-state index in [1.165, 1.54) is 0 Å². The molecule has 1 aromatic rings. The Bertz CT molecular complexity index is 225. The molecule has 0 bridgehead atoms. The minimum absolute atomic E-state index is 0.0900. The molecule has 0 aliphatic carbocycles. The first-order valence-corrected chi connectivity index (χ1v) is 3.72. The van der Waals surface area contributed by atoms with Gasteiger partial charge in [-0.1, -0.05) is 5.10 Å². The molecule has 68 valence electrons. The van der Waals surface area contributed by atoms with E-state index in [2.05, 4.69) is 15.5 Å². The van der Waals surface area contributed by atoms with Crippen LogP contribution in [0.1, 0.15) is 5.89 Å². The van der Waals surface area contributed by atoms with Crippen molar-refractivity contribution >= 4 is 6.01 Å². The largest absolute Gasteiger partial charge is 0.408 e. The van der Waals surface area contributed by atoms with Crippen molar-refractivity contribution < 1.29 is 9.52 Å². The van der Waals surface area contributed by atoms with Crippen molar-refractivity contribution in [1.29, 1.82) is 0 Å².